The van der Waals surface area contributed by atoms with E-state index in [1.807, 2.05) is 31.2 Å². The van der Waals surface area contributed by atoms with Gasteiger partial charge in [-0.1, -0.05) is 40.1 Å². The lowest BCUT2D eigenvalue weighted by molar-refractivity contribution is 0.141. The van der Waals surface area contributed by atoms with Crippen molar-refractivity contribution in [3.63, 3.8) is 0 Å². The Morgan fingerprint density at radius 3 is 2.83 bits per heavy atom. The molecule has 96 valence electrons. The predicted molar refractivity (Wildman–Crippen MR) is 72.1 cm³/mol. The molecule has 1 aromatic heterocycles. The van der Waals surface area contributed by atoms with Crippen LogP contribution in [-0.4, -0.2) is 21.4 Å². The largest absolute Gasteiger partial charge is 0.393 e. The molecule has 0 aliphatic carbocycles. The third-order valence-electron chi connectivity index (χ3n) is 2.86. The van der Waals surface area contributed by atoms with Gasteiger partial charge < -0.3 is 9.63 Å². The smallest absolute Gasteiger partial charge is 0.232 e. The van der Waals surface area contributed by atoms with Crippen molar-refractivity contribution in [2.45, 2.75) is 32.3 Å². The van der Waals surface area contributed by atoms with E-state index in [1.165, 1.54) is 0 Å². The highest BCUT2D eigenvalue weighted by Crippen LogP contribution is 2.25. The molecule has 0 aliphatic heterocycles. The van der Waals surface area contributed by atoms with E-state index in [9.17, 15) is 5.11 Å². The van der Waals surface area contributed by atoms with Crippen LogP contribution in [0.25, 0.3) is 11.4 Å². The topological polar surface area (TPSA) is 59.2 Å². The average Bonchev–Trinajstić information content (AvgIpc) is 2.79. The Hall–Kier alpha value is -1.20. The fourth-order valence-electron chi connectivity index (χ4n) is 1.85. The zero-order chi connectivity index (χ0) is 13.1. The molecule has 0 aliphatic rings. The van der Waals surface area contributed by atoms with Crippen LogP contribution < -0.4 is 0 Å². The number of hydrogen-bond acceptors (Lipinski definition) is 4. The highest BCUT2D eigenvalue weighted by Gasteiger charge is 2.22. The zero-order valence-electron chi connectivity index (χ0n) is 10.3. The molecule has 1 heterocycles. The second-order valence-corrected chi connectivity index (χ2v) is 5.14. The van der Waals surface area contributed by atoms with Crippen LogP contribution in [0.2, 0.25) is 0 Å². The summed E-state index contributed by atoms with van der Waals surface area (Å²) in [5.41, 5.74) is 0.889. The highest BCUT2D eigenvalue weighted by molar-refractivity contribution is 9.10. The van der Waals surface area contributed by atoms with Gasteiger partial charge in [0.05, 0.1) is 12.0 Å². The fraction of sp³-hybridized carbons (Fsp3) is 0.385. The van der Waals surface area contributed by atoms with Crippen molar-refractivity contribution >= 4 is 15.9 Å². The van der Waals surface area contributed by atoms with Crippen molar-refractivity contribution in [3.05, 3.63) is 34.6 Å². The summed E-state index contributed by atoms with van der Waals surface area (Å²) in [6.45, 7) is 3.72. The molecule has 0 saturated heterocycles. The number of nitrogens with zero attached hydrogens (tertiary/aromatic N) is 2. The molecule has 2 rings (SSSR count). The SMILES string of the molecule is CCC(c1nc(-c2cccc(Br)c2)no1)C(C)O. The summed E-state index contributed by atoms with van der Waals surface area (Å²) >= 11 is 3.41. The second-order valence-electron chi connectivity index (χ2n) is 4.22. The minimum Gasteiger partial charge on any atom is -0.393 e. The van der Waals surface area contributed by atoms with Gasteiger partial charge in [0, 0.05) is 10.0 Å². The molecule has 0 saturated carbocycles. The summed E-state index contributed by atoms with van der Waals surface area (Å²) in [4.78, 5) is 4.36. The van der Waals surface area contributed by atoms with Gasteiger partial charge >= 0.3 is 0 Å². The molecule has 0 bridgehead atoms. The number of halogens is 1. The number of hydrogen-bond donors (Lipinski definition) is 1. The Bertz CT molecular complexity index is 525. The maximum absolute atomic E-state index is 9.65. The monoisotopic (exact) mass is 310 g/mol. The minimum atomic E-state index is -0.495. The average molecular weight is 311 g/mol. The fourth-order valence-corrected chi connectivity index (χ4v) is 2.25. The van der Waals surface area contributed by atoms with Crippen LogP contribution >= 0.6 is 15.9 Å². The number of aliphatic hydroxyl groups is 1. The summed E-state index contributed by atoms with van der Waals surface area (Å²) in [7, 11) is 0. The lowest BCUT2D eigenvalue weighted by Gasteiger charge is -2.12. The van der Waals surface area contributed by atoms with Crippen LogP contribution in [0, 0.1) is 0 Å². The molecule has 0 radical (unpaired) electrons. The Balaban J connectivity index is 2.30. The Kier molecular flexibility index (Phi) is 4.14. The quantitative estimate of drug-likeness (QED) is 0.940. The zero-order valence-corrected chi connectivity index (χ0v) is 11.9. The summed E-state index contributed by atoms with van der Waals surface area (Å²) in [5.74, 6) is 0.922. The first-order valence-electron chi connectivity index (χ1n) is 5.89. The molecule has 0 spiro atoms. The summed E-state index contributed by atoms with van der Waals surface area (Å²) in [6, 6.07) is 7.71. The minimum absolute atomic E-state index is 0.113. The van der Waals surface area contributed by atoms with E-state index in [2.05, 4.69) is 26.1 Å². The van der Waals surface area contributed by atoms with Gasteiger partial charge in [0.15, 0.2) is 0 Å². The number of aromatic nitrogens is 2. The Morgan fingerprint density at radius 2 is 2.22 bits per heavy atom. The van der Waals surface area contributed by atoms with Gasteiger partial charge in [-0.25, -0.2) is 0 Å². The van der Waals surface area contributed by atoms with Crippen molar-refractivity contribution < 1.29 is 9.63 Å². The molecular weight excluding hydrogens is 296 g/mol. The second kappa shape index (κ2) is 5.63. The lowest BCUT2D eigenvalue weighted by atomic mass is 10.0. The molecule has 1 aromatic carbocycles. The van der Waals surface area contributed by atoms with Crippen LogP contribution in [0.4, 0.5) is 0 Å². The molecule has 5 heteroatoms. The lowest BCUT2D eigenvalue weighted by Crippen LogP contribution is -2.13. The van der Waals surface area contributed by atoms with Gasteiger partial charge in [-0.05, 0) is 25.5 Å². The van der Waals surface area contributed by atoms with Gasteiger partial charge in [-0.2, -0.15) is 4.98 Å². The summed E-state index contributed by atoms with van der Waals surface area (Å²) in [5, 5.41) is 13.6. The van der Waals surface area contributed by atoms with E-state index in [0.717, 1.165) is 16.5 Å². The third-order valence-corrected chi connectivity index (χ3v) is 3.36. The molecule has 4 nitrogen and oxygen atoms in total. The first-order valence-corrected chi connectivity index (χ1v) is 6.68. The van der Waals surface area contributed by atoms with Gasteiger partial charge in [0.1, 0.15) is 0 Å². The van der Waals surface area contributed by atoms with Crippen LogP contribution in [0.1, 0.15) is 32.1 Å². The van der Waals surface area contributed by atoms with Gasteiger partial charge in [-0.15, -0.1) is 0 Å². The molecule has 0 fully saturated rings. The molecule has 0 amide bonds. The summed E-state index contributed by atoms with van der Waals surface area (Å²) < 4.78 is 6.20. The van der Waals surface area contributed by atoms with E-state index >= 15 is 0 Å². The Labute approximate surface area is 114 Å². The maximum Gasteiger partial charge on any atom is 0.232 e. The van der Waals surface area contributed by atoms with Crippen molar-refractivity contribution in [3.8, 4) is 11.4 Å². The van der Waals surface area contributed by atoms with Crippen LogP contribution in [-0.2, 0) is 0 Å². The highest BCUT2D eigenvalue weighted by atomic mass is 79.9. The Morgan fingerprint density at radius 1 is 1.44 bits per heavy atom. The van der Waals surface area contributed by atoms with Crippen molar-refractivity contribution in [2.24, 2.45) is 0 Å². The van der Waals surface area contributed by atoms with Crippen molar-refractivity contribution in [2.75, 3.05) is 0 Å². The van der Waals surface area contributed by atoms with Gasteiger partial charge in [-0.3, -0.25) is 0 Å². The first kappa shape index (κ1) is 13.2. The number of rotatable bonds is 4. The van der Waals surface area contributed by atoms with E-state index in [4.69, 9.17) is 4.52 Å². The summed E-state index contributed by atoms with van der Waals surface area (Å²) in [6.07, 6.45) is 0.267. The van der Waals surface area contributed by atoms with E-state index < -0.39 is 6.10 Å². The molecule has 2 aromatic rings. The molecule has 1 N–H and O–H groups in total. The predicted octanol–water partition coefficient (Wildman–Crippen LogP) is 3.37. The standard InChI is InChI=1S/C13H15BrN2O2/c1-3-11(8(2)17)13-15-12(16-18-13)9-5-4-6-10(14)7-9/h4-8,11,17H,3H2,1-2H3. The van der Waals surface area contributed by atoms with E-state index in [1.54, 1.807) is 6.92 Å². The molecule has 2 atom stereocenters. The first-order chi connectivity index (χ1) is 8.61. The maximum atomic E-state index is 9.65. The van der Waals surface area contributed by atoms with Crippen molar-refractivity contribution in [1.82, 2.24) is 10.1 Å². The normalized spacial score (nSPS) is 14.4. The molecule has 18 heavy (non-hydrogen) atoms. The van der Waals surface area contributed by atoms with Crippen molar-refractivity contribution in [1.29, 1.82) is 0 Å². The molecular formula is C13H15BrN2O2. The van der Waals surface area contributed by atoms with Crippen LogP contribution in [0.5, 0.6) is 0 Å². The van der Waals surface area contributed by atoms with E-state index in [-0.39, 0.29) is 5.92 Å². The molecule has 2 unspecified atom stereocenters. The third kappa shape index (κ3) is 2.79. The number of aliphatic hydroxyl groups excluding tert-OH is 1. The van der Waals surface area contributed by atoms with Gasteiger partial charge in [0.25, 0.3) is 0 Å². The van der Waals surface area contributed by atoms with Crippen LogP contribution in [0.15, 0.2) is 33.3 Å². The van der Waals surface area contributed by atoms with Gasteiger partial charge in [0.2, 0.25) is 11.7 Å². The van der Waals surface area contributed by atoms with E-state index in [0.29, 0.717) is 11.7 Å². The number of benzene rings is 1. The van der Waals surface area contributed by atoms with Crippen LogP contribution in [0.3, 0.4) is 0 Å².